The standard InChI is InChI=1S/C14H30O.C12H27N.C10H22S.4C2H6/c1-11(2,3)13(7,8)15-14(9,10)12(4,5)6;1-7-11(3)9-10-13(6)12(4,5)8-2;1-6-10(4,5)11-8-7-9(2)3;4*1-2/h1-10H3;11H,7-10H2,1-6H3;9H,6-8H2,1-5H3;4*1-2H3. The molecule has 0 bridgehead atoms. The number of hydrogen-bond acceptors (Lipinski definition) is 3. The van der Waals surface area contributed by atoms with Crippen molar-refractivity contribution >= 4 is 11.8 Å². The van der Waals surface area contributed by atoms with Crippen molar-refractivity contribution in [3.8, 4) is 0 Å². The molecule has 296 valence electrons. The number of rotatable bonds is 13. The van der Waals surface area contributed by atoms with E-state index in [9.17, 15) is 0 Å². The topological polar surface area (TPSA) is 12.5 Å². The highest BCUT2D eigenvalue weighted by atomic mass is 32.2. The third-order valence-corrected chi connectivity index (χ3v) is 11.2. The molecule has 2 nitrogen and oxygen atoms in total. The van der Waals surface area contributed by atoms with E-state index in [1.54, 1.807) is 0 Å². The fourth-order valence-corrected chi connectivity index (χ4v) is 4.15. The van der Waals surface area contributed by atoms with Crippen molar-refractivity contribution in [1.82, 2.24) is 4.90 Å². The molecule has 3 heteroatoms. The summed E-state index contributed by atoms with van der Waals surface area (Å²) in [4.78, 5) is 2.49. The zero-order valence-electron chi connectivity index (χ0n) is 39.4. The van der Waals surface area contributed by atoms with E-state index in [0.29, 0.717) is 10.3 Å². The van der Waals surface area contributed by atoms with Gasteiger partial charge in [-0.25, -0.2) is 0 Å². The predicted molar refractivity (Wildman–Crippen MR) is 231 cm³/mol. The molecular weight excluding hydrogens is 591 g/mol. The monoisotopic (exact) mass is 694 g/mol. The van der Waals surface area contributed by atoms with Crippen molar-refractivity contribution in [2.45, 2.75) is 247 Å². The zero-order valence-corrected chi connectivity index (χ0v) is 40.2. The van der Waals surface area contributed by atoms with Crippen LogP contribution in [0.5, 0.6) is 0 Å². The first-order valence-corrected chi connectivity index (χ1v) is 21.2. The third kappa shape index (κ3) is 35.9. The van der Waals surface area contributed by atoms with E-state index in [1.807, 2.05) is 55.4 Å². The van der Waals surface area contributed by atoms with E-state index in [-0.39, 0.29) is 22.0 Å². The van der Waals surface area contributed by atoms with Gasteiger partial charge in [0, 0.05) is 10.3 Å². The average Bonchev–Trinajstić information content (AvgIpc) is 2.98. The van der Waals surface area contributed by atoms with Crippen LogP contribution >= 0.6 is 11.8 Å². The van der Waals surface area contributed by atoms with Crippen molar-refractivity contribution in [3.63, 3.8) is 0 Å². The largest absolute Gasteiger partial charge is 0.369 e. The first-order chi connectivity index (χ1) is 21.1. The molecule has 0 aliphatic rings. The van der Waals surface area contributed by atoms with Crippen molar-refractivity contribution in [3.05, 3.63) is 0 Å². The molecule has 0 aliphatic carbocycles. The first-order valence-electron chi connectivity index (χ1n) is 20.2. The van der Waals surface area contributed by atoms with E-state index in [4.69, 9.17) is 4.74 Å². The number of ether oxygens (including phenoxy) is 1. The van der Waals surface area contributed by atoms with Crippen LogP contribution in [-0.4, -0.2) is 45.7 Å². The van der Waals surface area contributed by atoms with Crippen molar-refractivity contribution in [2.75, 3.05) is 19.3 Å². The van der Waals surface area contributed by atoms with E-state index in [2.05, 4.69) is 162 Å². The minimum atomic E-state index is -0.121. The lowest BCUT2D eigenvalue weighted by Crippen LogP contribution is -2.51. The van der Waals surface area contributed by atoms with E-state index in [0.717, 1.165) is 11.8 Å². The Labute approximate surface area is 309 Å². The summed E-state index contributed by atoms with van der Waals surface area (Å²) in [6.07, 6.45) is 6.49. The van der Waals surface area contributed by atoms with Crippen LogP contribution in [0.3, 0.4) is 0 Å². The molecule has 0 aliphatic heterocycles. The lowest BCUT2D eigenvalue weighted by Gasteiger charge is -2.49. The Morgan fingerprint density at radius 3 is 1.13 bits per heavy atom. The summed E-state index contributed by atoms with van der Waals surface area (Å²) in [5.41, 5.74) is 0.423. The van der Waals surface area contributed by atoms with Crippen LogP contribution in [0.2, 0.25) is 0 Å². The molecule has 47 heavy (non-hydrogen) atoms. The molecule has 0 rings (SSSR count). The van der Waals surface area contributed by atoms with Crippen LogP contribution in [0.4, 0.5) is 0 Å². The summed E-state index contributed by atoms with van der Waals surface area (Å²) in [5, 5.41) is 0. The molecule has 0 N–H and O–H groups in total. The maximum absolute atomic E-state index is 6.35. The van der Waals surface area contributed by atoms with Gasteiger partial charge in [0.15, 0.2) is 0 Å². The lowest BCUT2D eigenvalue weighted by atomic mass is 9.75. The van der Waals surface area contributed by atoms with Crippen LogP contribution in [0.1, 0.15) is 226 Å². The summed E-state index contributed by atoms with van der Waals surface area (Å²) in [7, 11) is 2.24. The first kappa shape index (κ1) is 62.4. The second-order valence-corrected chi connectivity index (χ2v) is 18.5. The van der Waals surface area contributed by atoms with Crippen molar-refractivity contribution in [2.24, 2.45) is 22.7 Å². The highest BCUT2D eigenvalue weighted by molar-refractivity contribution is 8.00. The summed E-state index contributed by atoms with van der Waals surface area (Å²) in [6.45, 7) is 62.4. The minimum absolute atomic E-state index is 0.121. The summed E-state index contributed by atoms with van der Waals surface area (Å²) in [6, 6.07) is 0. The fourth-order valence-electron chi connectivity index (χ4n) is 2.81. The zero-order chi connectivity index (χ0) is 40.1. The van der Waals surface area contributed by atoms with Gasteiger partial charge in [0.1, 0.15) is 0 Å². The fraction of sp³-hybridized carbons (Fsp3) is 1.00. The molecule has 0 saturated heterocycles. The van der Waals surface area contributed by atoms with Gasteiger partial charge in [-0.05, 0) is 109 Å². The number of hydrogen-bond donors (Lipinski definition) is 0. The van der Waals surface area contributed by atoms with E-state index in [1.165, 1.54) is 44.4 Å². The van der Waals surface area contributed by atoms with Gasteiger partial charge in [-0.3, -0.25) is 0 Å². The maximum atomic E-state index is 6.35. The summed E-state index contributed by atoms with van der Waals surface area (Å²) < 4.78 is 6.85. The Bertz CT molecular complexity index is 581. The van der Waals surface area contributed by atoms with Crippen LogP contribution < -0.4 is 0 Å². The molecule has 0 aromatic heterocycles. The van der Waals surface area contributed by atoms with Crippen LogP contribution in [0, 0.1) is 22.7 Å². The lowest BCUT2D eigenvalue weighted by molar-refractivity contribution is -0.206. The molecule has 0 fully saturated rings. The smallest absolute Gasteiger partial charge is 0.0682 e. The highest BCUT2D eigenvalue weighted by Crippen LogP contribution is 2.42. The normalized spacial score (nSPS) is 12.6. The van der Waals surface area contributed by atoms with Crippen LogP contribution in [0.25, 0.3) is 0 Å². The molecule has 0 radical (unpaired) electrons. The van der Waals surface area contributed by atoms with E-state index >= 15 is 0 Å². The average molecular weight is 694 g/mol. The van der Waals surface area contributed by atoms with Gasteiger partial charge >= 0.3 is 0 Å². The third-order valence-electron chi connectivity index (χ3n) is 9.71. The molecule has 1 unspecified atom stereocenters. The second-order valence-electron chi connectivity index (χ2n) is 16.7. The van der Waals surface area contributed by atoms with Gasteiger partial charge in [0.2, 0.25) is 0 Å². The van der Waals surface area contributed by atoms with Gasteiger partial charge in [0.25, 0.3) is 0 Å². The molecule has 0 aromatic carbocycles. The predicted octanol–water partition coefficient (Wildman–Crippen LogP) is 16.3. The molecule has 0 heterocycles. The van der Waals surface area contributed by atoms with Crippen LogP contribution in [0.15, 0.2) is 0 Å². The summed E-state index contributed by atoms with van der Waals surface area (Å²) >= 11 is 2.11. The van der Waals surface area contributed by atoms with Crippen molar-refractivity contribution in [1.29, 1.82) is 0 Å². The quantitative estimate of drug-likeness (QED) is 0.190. The molecule has 1 atom stereocenters. The Morgan fingerprint density at radius 2 is 0.894 bits per heavy atom. The molecule has 0 saturated carbocycles. The highest BCUT2D eigenvalue weighted by Gasteiger charge is 2.43. The van der Waals surface area contributed by atoms with Gasteiger partial charge in [-0.2, -0.15) is 11.8 Å². The number of nitrogens with zero attached hydrogens (tertiary/aromatic N) is 1. The molecule has 0 spiro atoms. The van der Waals surface area contributed by atoms with Gasteiger partial charge in [0.05, 0.1) is 11.2 Å². The SMILES string of the molecule is CC.CC.CC.CC.CC(C)(C)C(C)(C)OC(C)(C)C(C)(C)C.CCC(C)(C)SCCC(C)C.CCC(C)CCN(C)C(C)(C)CC. The molecule has 0 amide bonds. The Balaban J connectivity index is -0.0000000926. The Morgan fingerprint density at radius 1 is 0.553 bits per heavy atom. The van der Waals surface area contributed by atoms with Gasteiger partial charge in [-0.1, -0.05) is 159 Å². The Hall–Kier alpha value is 0.270. The van der Waals surface area contributed by atoms with Crippen LogP contribution in [-0.2, 0) is 4.74 Å². The van der Waals surface area contributed by atoms with Gasteiger partial charge in [-0.15, -0.1) is 0 Å². The van der Waals surface area contributed by atoms with Crippen molar-refractivity contribution < 1.29 is 4.74 Å². The summed E-state index contributed by atoms with van der Waals surface area (Å²) in [5.74, 6) is 3.05. The Kier molecular flexibility index (Phi) is 42.7. The molecule has 0 aromatic rings. The molecular formula is C44H103NOS. The van der Waals surface area contributed by atoms with Gasteiger partial charge < -0.3 is 9.64 Å². The number of thioether (sulfide) groups is 1. The maximum Gasteiger partial charge on any atom is 0.0682 e. The second kappa shape index (κ2) is 32.2. The minimum Gasteiger partial charge on any atom is -0.369 e. The van der Waals surface area contributed by atoms with E-state index < -0.39 is 0 Å².